The lowest BCUT2D eigenvalue weighted by molar-refractivity contribution is -0.121. The molecule has 0 aromatic heterocycles. The van der Waals surface area contributed by atoms with Crippen LogP contribution in [-0.2, 0) is 11.3 Å². The number of nitrogens with zero attached hydrogens (tertiary/aromatic N) is 1. The van der Waals surface area contributed by atoms with Crippen molar-refractivity contribution in [1.29, 1.82) is 0 Å². The van der Waals surface area contributed by atoms with Crippen molar-refractivity contribution in [2.45, 2.75) is 45.2 Å². The first-order valence-corrected chi connectivity index (χ1v) is 8.59. The number of rotatable bonds is 10. The summed E-state index contributed by atoms with van der Waals surface area (Å²) in [5, 5.41) is 5.68. The number of benzene rings is 1. The zero-order valence-electron chi connectivity index (χ0n) is 14.8. The molecule has 1 unspecified atom stereocenters. The topological polar surface area (TPSA) is 87.5 Å². The van der Waals surface area contributed by atoms with E-state index in [1.165, 1.54) is 0 Å². The van der Waals surface area contributed by atoms with Crippen molar-refractivity contribution in [2.75, 3.05) is 20.1 Å². The third kappa shape index (κ3) is 7.97. The van der Waals surface area contributed by atoms with Crippen molar-refractivity contribution in [3.63, 3.8) is 0 Å². The van der Waals surface area contributed by atoms with Crippen LogP contribution in [0.5, 0.6) is 0 Å². The van der Waals surface area contributed by atoms with Gasteiger partial charge in [-0.15, -0.1) is 0 Å². The van der Waals surface area contributed by atoms with E-state index in [4.69, 9.17) is 5.73 Å². The van der Waals surface area contributed by atoms with Crippen molar-refractivity contribution in [3.8, 4) is 0 Å². The van der Waals surface area contributed by atoms with Crippen molar-refractivity contribution < 1.29 is 9.59 Å². The number of urea groups is 1. The Bertz CT molecular complexity index is 493. The summed E-state index contributed by atoms with van der Waals surface area (Å²) < 4.78 is 0. The number of amides is 3. The Balaban J connectivity index is 2.25. The number of carbonyl (C=O) groups is 2. The highest BCUT2D eigenvalue weighted by Crippen LogP contribution is 2.02. The van der Waals surface area contributed by atoms with E-state index in [0.29, 0.717) is 19.6 Å². The normalized spacial score (nSPS) is 11.6. The average Bonchev–Trinajstić information content (AvgIpc) is 2.59. The molecule has 0 saturated heterocycles. The summed E-state index contributed by atoms with van der Waals surface area (Å²) >= 11 is 0. The Morgan fingerprint density at radius 2 is 1.96 bits per heavy atom. The molecule has 0 aliphatic rings. The van der Waals surface area contributed by atoms with E-state index in [2.05, 4.69) is 17.6 Å². The van der Waals surface area contributed by atoms with Crippen LogP contribution in [0.2, 0.25) is 0 Å². The van der Waals surface area contributed by atoms with Gasteiger partial charge in [0.25, 0.3) is 0 Å². The molecule has 1 aromatic carbocycles. The van der Waals surface area contributed by atoms with Crippen LogP contribution >= 0.6 is 0 Å². The molecule has 6 heteroatoms. The summed E-state index contributed by atoms with van der Waals surface area (Å²) in [6.45, 7) is 3.40. The third-order valence-electron chi connectivity index (χ3n) is 3.79. The number of hydrogen-bond acceptors (Lipinski definition) is 3. The molecule has 134 valence electrons. The summed E-state index contributed by atoms with van der Waals surface area (Å²) in [6, 6.07) is 9.61. The zero-order valence-corrected chi connectivity index (χ0v) is 14.8. The molecule has 0 aliphatic heterocycles. The number of nitrogens with one attached hydrogen (secondary N) is 2. The maximum atomic E-state index is 12.0. The minimum atomic E-state index is -0.187. The van der Waals surface area contributed by atoms with Crippen molar-refractivity contribution in [3.05, 3.63) is 35.9 Å². The second-order valence-corrected chi connectivity index (χ2v) is 5.97. The molecule has 0 fully saturated rings. The maximum Gasteiger partial charge on any atom is 0.317 e. The number of hydrogen-bond donors (Lipinski definition) is 3. The van der Waals surface area contributed by atoms with Gasteiger partial charge < -0.3 is 21.3 Å². The largest absolute Gasteiger partial charge is 0.352 e. The SMILES string of the molecule is CCCCC(CN)NC(=O)CCNC(=O)N(C)Cc1ccccc1. The molecule has 1 atom stereocenters. The average molecular weight is 334 g/mol. The standard InChI is InChI=1S/C18H30N4O2/c1-3-4-10-16(13-19)21-17(23)11-12-20-18(24)22(2)14-15-8-6-5-7-9-15/h5-9,16H,3-4,10-14,19H2,1-2H3,(H,20,24)(H,21,23). The third-order valence-corrected chi connectivity index (χ3v) is 3.79. The Kier molecular flexibility index (Phi) is 9.53. The van der Waals surface area contributed by atoms with Gasteiger partial charge in [0.15, 0.2) is 0 Å². The van der Waals surface area contributed by atoms with E-state index >= 15 is 0 Å². The summed E-state index contributed by atoms with van der Waals surface area (Å²) in [5.41, 5.74) is 6.73. The first kappa shape index (κ1) is 20.0. The fraction of sp³-hybridized carbons (Fsp3) is 0.556. The molecule has 4 N–H and O–H groups in total. The lowest BCUT2D eigenvalue weighted by atomic mass is 10.1. The van der Waals surface area contributed by atoms with Gasteiger partial charge in [0.05, 0.1) is 0 Å². The van der Waals surface area contributed by atoms with Gasteiger partial charge in [-0.25, -0.2) is 4.79 Å². The Labute approximate surface area is 144 Å². The van der Waals surface area contributed by atoms with E-state index in [1.54, 1.807) is 11.9 Å². The van der Waals surface area contributed by atoms with Gasteiger partial charge in [-0.1, -0.05) is 50.1 Å². The summed E-state index contributed by atoms with van der Waals surface area (Å²) in [7, 11) is 1.73. The van der Waals surface area contributed by atoms with Crippen LogP contribution in [0.15, 0.2) is 30.3 Å². The van der Waals surface area contributed by atoms with Gasteiger partial charge in [-0.2, -0.15) is 0 Å². The number of carbonyl (C=O) groups excluding carboxylic acids is 2. The molecular weight excluding hydrogens is 304 g/mol. The molecule has 0 heterocycles. The fourth-order valence-corrected chi connectivity index (χ4v) is 2.35. The van der Waals surface area contributed by atoms with Crippen LogP contribution in [0, 0.1) is 0 Å². The lowest BCUT2D eigenvalue weighted by Gasteiger charge is -2.19. The minimum absolute atomic E-state index is 0.0221. The Morgan fingerprint density at radius 1 is 1.25 bits per heavy atom. The predicted octanol–water partition coefficient (Wildman–Crippen LogP) is 1.85. The highest BCUT2D eigenvalue weighted by Gasteiger charge is 2.12. The first-order valence-electron chi connectivity index (χ1n) is 8.59. The van der Waals surface area contributed by atoms with Crippen LogP contribution in [-0.4, -0.2) is 43.0 Å². The van der Waals surface area contributed by atoms with Crippen LogP contribution < -0.4 is 16.4 Å². The second-order valence-electron chi connectivity index (χ2n) is 5.97. The van der Waals surface area contributed by atoms with Gasteiger partial charge in [-0.3, -0.25) is 4.79 Å². The summed E-state index contributed by atoms with van der Waals surface area (Å²) in [4.78, 5) is 25.5. The van der Waals surface area contributed by atoms with Gasteiger partial charge in [0.1, 0.15) is 0 Å². The van der Waals surface area contributed by atoms with Gasteiger partial charge >= 0.3 is 6.03 Å². The molecule has 0 saturated carbocycles. The molecular formula is C18H30N4O2. The highest BCUT2D eigenvalue weighted by molar-refractivity contribution is 5.78. The van der Waals surface area contributed by atoms with E-state index in [-0.39, 0.29) is 24.4 Å². The smallest absolute Gasteiger partial charge is 0.317 e. The van der Waals surface area contributed by atoms with E-state index in [9.17, 15) is 9.59 Å². The van der Waals surface area contributed by atoms with Gasteiger partial charge in [-0.05, 0) is 12.0 Å². The van der Waals surface area contributed by atoms with Gasteiger partial charge in [0.2, 0.25) is 5.91 Å². The molecule has 1 rings (SSSR count). The predicted molar refractivity (Wildman–Crippen MR) is 96.4 cm³/mol. The number of nitrogens with two attached hydrogens (primary N) is 1. The first-order chi connectivity index (χ1) is 11.6. The zero-order chi connectivity index (χ0) is 17.8. The molecule has 24 heavy (non-hydrogen) atoms. The Hall–Kier alpha value is -2.08. The quantitative estimate of drug-likeness (QED) is 0.610. The van der Waals surface area contributed by atoms with E-state index < -0.39 is 0 Å². The highest BCUT2D eigenvalue weighted by atomic mass is 16.2. The summed E-state index contributed by atoms with van der Waals surface area (Å²) in [6.07, 6.45) is 3.28. The molecule has 0 bridgehead atoms. The molecule has 0 radical (unpaired) electrons. The molecule has 0 spiro atoms. The minimum Gasteiger partial charge on any atom is -0.352 e. The van der Waals surface area contributed by atoms with Crippen LogP contribution in [0.1, 0.15) is 38.2 Å². The fourth-order valence-electron chi connectivity index (χ4n) is 2.35. The summed E-state index contributed by atoms with van der Waals surface area (Å²) in [5.74, 6) is -0.0763. The monoisotopic (exact) mass is 334 g/mol. The van der Waals surface area contributed by atoms with Gasteiger partial charge in [0, 0.05) is 39.1 Å². The second kappa shape index (κ2) is 11.5. The maximum absolute atomic E-state index is 12.0. The van der Waals surface area contributed by atoms with Crippen LogP contribution in [0.3, 0.4) is 0 Å². The van der Waals surface area contributed by atoms with E-state index in [0.717, 1.165) is 24.8 Å². The molecule has 6 nitrogen and oxygen atoms in total. The molecule has 0 aliphatic carbocycles. The Morgan fingerprint density at radius 3 is 2.58 bits per heavy atom. The molecule has 3 amide bonds. The van der Waals surface area contributed by atoms with Crippen molar-refractivity contribution in [1.82, 2.24) is 15.5 Å². The van der Waals surface area contributed by atoms with Crippen molar-refractivity contribution >= 4 is 11.9 Å². The lowest BCUT2D eigenvalue weighted by Crippen LogP contribution is -2.42. The molecule has 1 aromatic rings. The van der Waals surface area contributed by atoms with Crippen molar-refractivity contribution in [2.24, 2.45) is 5.73 Å². The van der Waals surface area contributed by atoms with Crippen LogP contribution in [0.4, 0.5) is 4.79 Å². The number of unbranched alkanes of at least 4 members (excludes halogenated alkanes) is 1. The van der Waals surface area contributed by atoms with E-state index in [1.807, 2.05) is 30.3 Å². The van der Waals surface area contributed by atoms with Crippen LogP contribution in [0.25, 0.3) is 0 Å².